The fourth-order valence-electron chi connectivity index (χ4n) is 2.74. The lowest BCUT2D eigenvalue weighted by Crippen LogP contribution is -2.32. The Balaban J connectivity index is 2.23. The molecule has 0 saturated carbocycles. The number of hydrogen-bond acceptors (Lipinski definition) is 2. The van der Waals surface area contributed by atoms with E-state index < -0.39 is 0 Å². The highest BCUT2D eigenvalue weighted by Gasteiger charge is 2.31. The van der Waals surface area contributed by atoms with Crippen LogP contribution in [0.3, 0.4) is 0 Å². The smallest absolute Gasteiger partial charge is 0.0651 e. The van der Waals surface area contributed by atoms with Gasteiger partial charge in [0.15, 0.2) is 0 Å². The number of nitrogens with zero attached hydrogens (tertiary/aromatic N) is 1. The number of fused-ring (bicyclic) bond motifs is 1. The summed E-state index contributed by atoms with van der Waals surface area (Å²) in [5.74, 6) is 1.07. The first-order chi connectivity index (χ1) is 8.11. The van der Waals surface area contributed by atoms with Crippen molar-refractivity contribution in [2.75, 3.05) is 0 Å². The maximum absolute atomic E-state index is 10.5. The monoisotopic (exact) mass is 233 g/mol. The number of aliphatic hydroxyl groups excluding tert-OH is 1. The van der Waals surface area contributed by atoms with E-state index in [1.165, 1.54) is 12.0 Å². The van der Waals surface area contributed by atoms with Gasteiger partial charge in [0.1, 0.15) is 0 Å². The molecule has 0 aliphatic heterocycles. The third-order valence-electron chi connectivity index (χ3n) is 4.24. The molecule has 1 heterocycles. The van der Waals surface area contributed by atoms with Gasteiger partial charge in [0.2, 0.25) is 0 Å². The Bertz CT molecular complexity index is 375. The average Bonchev–Trinajstić information content (AvgIpc) is 2.36. The topological polar surface area (TPSA) is 33.1 Å². The molecule has 1 aromatic rings. The predicted molar refractivity (Wildman–Crippen MR) is 69.9 cm³/mol. The van der Waals surface area contributed by atoms with Gasteiger partial charge in [-0.2, -0.15) is 0 Å². The molecule has 3 atom stereocenters. The normalized spacial score (nSPS) is 23.2. The summed E-state index contributed by atoms with van der Waals surface area (Å²) >= 11 is 0. The van der Waals surface area contributed by atoms with Gasteiger partial charge in [0.25, 0.3) is 0 Å². The van der Waals surface area contributed by atoms with Gasteiger partial charge in [-0.3, -0.25) is 4.98 Å². The first-order valence-corrected chi connectivity index (χ1v) is 6.73. The van der Waals surface area contributed by atoms with E-state index in [1.54, 1.807) is 0 Å². The fraction of sp³-hybridized carbons (Fsp3) is 0.667. The van der Waals surface area contributed by atoms with Crippen LogP contribution >= 0.6 is 0 Å². The molecule has 1 aromatic heterocycles. The molecule has 0 radical (unpaired) electrons. The lowest BCUT2D eigenvalue weighted by molar-refractivity contribution is 0.0591. The summed E-state index contributed by atoms with van der Waals surface area (Å²) in [5, 5.41) is 10.5. The molecule has 0 amide bonds. The zero-order valence-corrected chi connectivity index (χ0v) is 11.1. The lowest BCUT2D eigenvalue weighted by atomic mass is 9.77. The Morgan fingerprint density at radius 1 is 1.35 bits per heavy atom. The Kier molecular flexibility index (Phi) is 3.82. The van der Waals surface area contributed by atoms with Gasteiger partial charge >= 0.3 is 0 Å². The highest BCUT2D eigenvalue weighted by molar-refractivity contribution is 5.27. The molecule has 3 unspecified atom stereocenters. The highest BCUT2D eigenvalue weighted by Crippen LogP contribution is 2.36. The van der Waals surface area contributed by atoms with Crippen LogP contribution in [0.2, 0.25) is 0 Å². The third-order valence-corrected chi connectivity index (χ3v) is 4.24. The van der Waals surface area contributed by atoms with Crippen molar-refractivity contribution >= 4 is 0 Å². The van der Waals surface area contributed by atoms with Crippen LogP contribution in [-0.2, 0) is 6.42 Å². The van der Waals surface area contributed by atoms with Crippen molar-refractivity contribution in [1.82, 2.24) is 4.98 Å². The van der Waals surface area contributed by atoms with Crippen molar-refractivity contribution in [1.29, 1.82) is 0 Å². The van der Waals surface area contributed by atoms with Crippen molar-refractivity contribution < 1.29 is 5.11 Å². The number of aryl methyl sites for hydroxylation is 1. The summed E-state index contributed by atoms with van der Waals surface area (Å²) in [6, 6.07) is 4.15. The Morgan fingerprint density at radius 3 is 2.82 bits per heavy atom. The van der Waals surface area contributed by atoms with Crippen molar-refractivity contribution in [3.8, 4) is 0 Å². The molecular weight excluding hydrogens is 210 g/mol. The van der Waals surface area contributed by atoms with E-state index in [1.807, 2.05) is 12.3 Å². The number of aliphatic hydroxyl groups is 1. The van der Waals surface area contributed by atoms with E-state index in [9.17, 15) is 5.11 Å². The van der Waals surface area contributed by atoms with Crippen LogP contribution in [0.4, 0.5) is 0 Å². The van der Waals surface area contributed by atoms with Gasteiger partial charge in [-0.1, -0.05) is 26.8 Å². The van der Waals surface area contributed by atoms with E-state index >= 15 is 0 Å². The van der Waals surface area contributed by atoms with Crippen molar-refractivity contribution in [3.05, 3.63) is 29.6 Å². The molecule has 94 valence electrons. The number of aromatic nitrogens is 1. The van der Waals surface area contributed by atoms with Gasteiger partial charge in [0, 0.05) is 17.8 Å². The maximum Gasteiger partial charge on any atom is 0.0651 e. The van der Waals surface area contributed by atoms with Crippen LogP contribution in [0.15, 0.2) is 18.3 Å². The average molecular weight is 233 g/mol. The summed E-state index contributed by atoms with van der Waals surface area (Å²) < 4.78 is 0. The minimum Gasteiger partial charge on any atom is -0.392 e. The molecule has 0 fully saturated rings. The number of pyridine rings is 1. The summed E-state index contributed by atoms with van der Waals surface area (Å²) in [6.45, 7) is 6.50. The van der Waals surface area contributed by atoms with E-state index in [2.05, 4.69) is 31.8 Å². The minimum absolute atomic E-state index is 0.234. The van der Waals surface area contributed by atoms with E-state index in [-0.39, 0.29) is 12.0 Å². The Hall–Kier alpha value is -0.890. The lowest BCUT2D eigenvalue weighted by Gasteiger charge is -2.33. The van der Waals surface area contributed by atoms with Crippen LogP contribution in [0.25, 0.3) is 0 Å². The van der Waals surface area contributed by atoms with Crippen molar-refractivity contribution in [2.24, 2.45) is 11.8 Å². The number of hydrogen-bond donors (Lipinski definition) is 1. The predicted octanol–water partition coefficient (Wildman–Crippen LogP) is 3.15. The van der Waals surface area contributed by atoms with Crippen LogP contribution in [0.1, 0.15) is 50.8 Å². The first-order valence-electron chi connectivity index (χ1n) is 6.73. The second-order valence-electron chi connectivity index (χ2n) is 5.64. The zero-order chi connectivity index (χ0) is 12.4. The molecule has 2 rings (SSSR count). The molecule has 2 heteroatoms. The van der Waals surface area contributed by atoms with Crippen molar-refractivity contribution in [2.45, 2.75) is 52.1 Å². The first kappa shape index (κ1) is 12.6. The molecule has 2 nitrogen and oxygen atoms in total. The van der Waals surface area contributed by atoms with Crippen LogP contribution < -0.4 is 0 Å². The van der Waals surface area contributed by atoms with Crippen LogP contribution in [0, 0.1) is 11.8 Å². The Morgan fingerprint density at radius 2 is 2.12 bits per heavy atom. The largest absolute Gasteiger partial charge is 0.392 e. The van der Waals surface area contributed by atoms with Crippen LogP contribution in [-0.4, -0.2) is 16.2 Å². The van der Waals surface area contributed by atoms with Gasteiger partial charge in [-0.25, -0.2) is 0 Å². The summed E-state index contributed by atoms with van der Waals surface area (Å²) in [4.78, 5) is 4.50. The SMILES string of the molecule is CC(C)C(C)C(O)C1CCCc2cccnc21. The van der Waals surface area contributed by atoms with Gasteiger partial charge in [-0.05, 0) is 42.7 Å². The summed E-state index contributed by atoms with van der Waals surface area (Å²) in [6.07, 6.45) is 4.95. The second kappa shape index (κ2) is 5.18. The molecule has 0 aromatic carbocycles. The molecule has 0 bridgehead atoms. The molecule has 0 saturated heterocycles. The second-order valence-corrected chi connectivity index (χ2v) is 5.64. The minimum atomic E-state index is -0.260. The van der Waals surface area contributed by atoms with Gasteiger partial charge in [0.05, 0.1) is 6.10 Å². The molecule has 17 heavy (non-hydrogen) atoms. The molecule has 1 aliphatic carbocycles. The highest BCUT2D eigenvalue weighted by atomic mass is 16.3. The quantitative estimate of drug-likeness (QED) is 0.870. The van der Waals surface area contributed by atoms with E-state index in [4.69, 9.17) is 0 Å². The summed E-state index contributed by atoms with van der Waals surface area (Å²) in [7, 11) is 0. The Labute approximate surface area is 104 Å². The molecule has 0 spiro atoms. The van der Waals surface area contributed by atoms with Crippen LogP contribution in [0.5, 0.6) is 0 Å². The van der Waals surface area contributed by atoms with E-state index in [0.29, 0.717) is 11.8 Å². The van der Waals surface area contributed by atoms with Gasteiger partial charge < -0.3 is 5.11 Å². The van der Waals surface area contributed by atoms with Crippen molar-refractivity contribution in [3.63, 3.8) is 0 Å². The molecular formula is C15H23NO. The van der Waals surface area contributed by atoms with Gasteiger partial charge in [-0.15, -0.1) is 0 Å². The number of rotatable bonds is 3. The zero-order valence-electron chi connectivity index (χ0n) is 11.1. The molecule has 1 aliphatic rings. The molecule has 1 N–H and O–H groups in total. The third kappa shape index (κ3) is 2.52. The fourth-order valence-corrected chi connectivity index (χ4v) is 2.74. The van der Waals surface area contributed by atoms with E-state index in [0.717, 1.165) is 18.5 Å². The standard InChI is InChI=1S/C15H23NO/c1-10(2)11(3)15(17)13-8-4-6-12-7-5-9-16-14(12)13/h5,7,9-11,13,15,17H,4,6,8H2,1-3H3. The summed E-state index contributed by atoms with van der Waals surface area (Å²) in [5.41, 5.74) is 2.47. The maximum atomic E-state index is 10.5.